The molecule has 0 spiro atoms. The van der Waals surface area contributed by atoms with Crippen LogP contribution in [0.4, 0.5) is 0 Å². The Labute approximate surface area is 183 Å². The first-order valence-corrected chi connectivity index (χ1v) is 12.6. The summed E-state index contributed by atoms with van der Waals surface area (Å²) >= 11 is 0. The first-order chi connectivity index (χ1) is 14.8. The summed E-state index contributed by atoms with van der Waals surface area (Å²) in [5, 5.41) is 3.96. The predicted octanol–water partition coefficient (Wildman–Crippen LogP) is 2.20. The number of aryl methyl sites for hydroxylation is 2. The fraction of sp³-hybridized carbons (Fsp3) is 0.591. The number of hydrogen-bond acceptors (Lipinski definition) is 6. The second-order valence-electron chi connectivity index (χ2n) is 8.77. The van der Waals surface area contributed by atoms with Crippen LogP contribution < -0.4 is 4.72 Å². The Kier molecular flexibility index (Phi) is 6.16. The maximum atomic E-state index is 12.9. The molecule has 4 rings (SSSR count). The summed E-state index contributed by atoms with van der Waals surface area (Å²) in [6.07, 6.45) is 3.39. The number of fused-ring (bicyclic) bond motifs is 1. The molecule has 1 aliphatic heterocycles. The molecular weight excluding hydrogens is 416 g/mol. The third-order valence-electron chi connectivity index (χ3n) is 6.61. The minimum Gasteiger partial charge on any atom is -0.341 e. The van der Waals surface area contributed by atoms with Crippen molar-refractivity contribution in [2.45, 2.75) is 57.4 Å². The van der Waals surface area contributed by atoms with E-state index in [2.05, 4.69) is 27.0 Å². The van der Waals surface area contributed by atoms with E-state index in [1.165, 1.54) is 5.56 Å². The number of nitrogens with zero attached hydrogens (tertiary/aromatic N) is 3. The van der Waals surface area contributed by atoms with Gasteiger partial charge >= 0.3 is 0 Å². The number of carbonyl (C=O) groups excluding carboxylic acids is 1. The number of sulfonamides is 1. The van der Waals surface area contributed by atoms with Crippen LogP contribution in [-0.2, 0) is 26.7 Å². The highest BCUT2D eigenvalue weighted by Gasteiger charge is 2.58. The quantitative estimate of drug-likeness (QED) is 0.666. The van der Waals surface area contributed by atoms with Gasteiger partial charge in [0.2, 0.25) is 21.8 Å². The fourth-order valence-corrected chi connectivity index (χ4v) is 5.92. The Balaban J connectivity index is 1.44. The highest BCUT2D eigenvalue weighted by molar-refractivity contribution is 7.89. The number of amides is 1. The van der Waals surface area contributed by atoms with E-state index in [4.69, 9.17) is 4.52 Å². The largest absolute Gasteiger partial charge is 0.341 e. The van der Waals surface area contributed by atoms with Crippen molar-refractivity contribution in [1.82, 2.24) is 19.8 Å². The summed E-state index contributed by atoms with van der Waals surface area (Å²) in [4.78, 5) is 19.3. The molecule has 2 aliphatic rings. The monoisotopic (exact) mass is 446 g/mol. The number of likely N-dealkylation sites (tertiary alicyclic amines) is 1. The molecule has 1 saturated heterocycles. The molecule has 2 heterocycles. The summed E-state index contributed by atoms with van der Waals surface area (Å²) in [5.74, 6) is 1.34. The van der Waals surface area contributed by atoms with Gasteiger partial charge in [-0.15, -0.1) is 0 Å². The van der Waals surface area contributed by atoms with Gasteiger partial charge in [-0.3, -0.25) is 4.79 Å². The zero-order chi connectivity index (χ0) is 22.1. The minimum absolute atomic E-state index is 0.0485. The third-order valence-corrected chi connectivity index (χ3v) is 8.06. The number of carbonyl (C=O) groups is 1. The second kappa shape index (κ2) is 8.70. The van der Waals surface area contributed by atoms with Crippen LogP contribution in [0.3, 0.4) is 0 Å². The molecule has 1 saturated carbocycles. The Morgan fingerprint density at radius 1 is 1.32 bits per heavy atom. The first-order valence-electron chi connectivity index (χ1n) is 10.9. The second-order valence-corrected chi connectivity index (χ2v) is 10.8. The average molecular weight is 447 g/mol. The number of nitrogens with one attached hydrogen (secondary N) is 1. The van der Waals surface area contributed by atoms with Crippen LogP contribution >= 0.6 is 0 Å². The van der Waals surface area contributed by atoms with E-state index in [0.29, 0.717) is 44.1 Å². The van der Waals surface area contributed by atoms with Gasteiger partial charge in [-0.2, -0.15) is 4.98 Å². The zero-order valence-electron chi connectivity index (χ0n) is 18.1. The van der Waals surface area contributed by atoms with Crippen molar-refractivity contribution in [1.29, 1.82) is 0 Å². The van der Waals surface area contributed by atoms with Crippen LogP contribution in [0.2, 0.25) is 0 Å². The zero-order valence-corrected chi connectivity index (χ0v) is 18.9. The number of hydrogen-bond donors (Lipinski definition) is 1. The highest BCUT2D eigenvalue weighted by atomic mass is 32.2. The molecule has 0 radical (unpaired) electrons. The van der Waals surface area contributed by atoms with Crippen molar-refractivity contribution < 1.29 is 17.7 Å². The summed E-state index contributed by atoms with van der Waals surface area (Å²) in [6.45, 7) is 4.49. The van der Waals surface area contributed by atoms with Gasteiger partial charge in [0.05, 0.1) is 11.2 Å². The normalized spacial score (nSPS) is 25.7. The molecule has 31 heavy (non-hydrogen) atoms. The topological polar surface area (TPSA) is 105 Å². The summed E-state index contributed by atoms with van der Waals surface area (Å²) in [7, 11) is -3.30. The van der Waals surface area contributed by atoms with E-state index in [0.717, 1.165) is 12.8 Å². The SMILES string of the molecule is CCS(=O)(=O)NC1CC2CN(C(=O)CCCc3ccccc3)CC2(c2nc(C)no2)C1. The molecule has 1 amide bonds. The van der Waals surface area contributed by atoms with Crippen LogP contribution in [0.5, 0.6) is 0 Å². The van der Waals surface area contributed by atoms with Crippen LogP contribution in [0.15, 0.2) is 34.9 Å². The van der Waals surface area contributed by atoms with E-state index in [-0.39, 0.29) is 23.6 Å². The lowest BCUT2D eigenvalue weighted by Crippen LogP contribution is -2.39. The molecule has 1 N–H and O–H groups in total. The number of benzene rings is 1. The predicted molar refractivity (Wildman–Crippen MR) is 116 cm³/mol. The van der Waals surface area contributed by atoms with Gasteiger partial charge in [0.15, 0.2) is 5.82 Å². The Morgan fingerprint density at radius 3 is 2.77 bits per heavy atom. The van der Waals surface area contributed by atoms with E-state index >= 15 is 0 Å². The lowest BCUT2D eigenvalue weighted by atomic mass is 9.80. The third kappa shape index (κ3) is 4.67. The van der Waals surface area contributed by atoms with Gasteiger partial charge in [-0.1, -0.05) is 35.5 Å². The van der Waals surface area contributed by atoms with Gasteiger partial charge < -0.3 is 9.42 Å². The molecular formula is C22H30N4O4S. The molecule has 3 atom stereocenters. The summed E-state index contributed by atoms with van der Waals surface area (Å²) < 4.78 is 32.6. The van der Waals surface area contributed by atoms with E-state index in [1.54, 1.807) is 13.8 Å². The molecule has 2 fully saturated rings. The Bertz CT molecular complexity index is 1020. The maximum absolute atomic E-state index is 12.9. The standard InChI is InChI=1S/C22H30N4O4S/c1-3-31(28,29)25-19-12-18-14-26(15-22(18,13-19)21-23-16(2)24-30-21)20(27)11-7-10-17-8-5-4-6-9-17/h4-6,8-9,18-19,25H,3,7,10-15H2,1-2H3. The van der Waals surface area contributed by atoms with Gasteiger partial charge in [0, 0.05) is 25.6 Å². The molecule has 2 aromatic rings. The molecule has 1 aliphatic carbocycles. The fourth-order valence-electron chi connectivity index (χ4n) is 5.07. The molecule has 0 bridgehead atoms. The van der Waals surface area contributed by atoms with Crippen molar-refractivity contribution >= 4 is 15.9 Å². The Hall–Kier alpha value is -2.26. The van der Waals surface area contributed by atoms with Crippen molar-refractivity contribution in [3.63, 3.8) is 0 Å². The number of aromatic nitrogens is 2. The van der Waals surface area contributed by atoms with Crippen LogP contribution in [0.1, 0.15) is 49.9 Å². The van der Waals surface area contributed by atoms with Crippen molar-refractivity contribution in [3.8, 4) is 0 Å². The lowest BCUT2D eigenvalue weighted by molar-refractivity contribution is -0.130. The molecule has 3 unspecified atom stereocenters. The van der Waals surface area contributed by atoms with Gasteiger partial charge in [-0.25, -0.2) is 13.1 Å². The summed E-state index contributed by atoms with van der Waals surface area (Å²) in [6, 6.07) is 9.99. The smallest absolute Gasteiger partial charge is 0.235 e. The summed E-state index contributed by atoms with van der Waals surface area (Å²) in [5.41, 5.74) is 0.745. The molecule has 9 heteroatoms. The first kappa shape index (κ1) is 22.0. The molecule has 168 valence electrons. The van der Waals surface area contributed by atoms with Crippen LogP contribution in [0.25, 0.3) is 0 Å². The van der Waals surface area contributed by atoms with Crippen molar-refractivity contribution in [2.75, 3.05) is 18.8 Å². The molecule has 1 aromatic carbocycles. The van der Waals surface area contributed by atoms with E-state index in [1.807, 2.05) is 23.1 Å². The maximum Gasteiger partial charge on any atom is 0.235 e. The Morgan fingerprint density at radius 2 is 2.10 bits per heavy atom. The van der Waals surface area contributed by atoms with E-state index in [9.17, 15) is 13.2 Å². The molecule has 1 aromatic heterocycles. The number of rotatable bonds is 8. The lowest BCUT2D eigenvalue weighted by Gasteiger charge is -2.25. The van der Waals surface area contributed by atoms with Gasteiger partial charge in [-0.05, 0) is 51.0 Å². The van der Waals surface area contributed by atoms with Gasteiger partial charge in [0.1, 0.15) is 0 Å². The minimum atomic E-state index is -3.30. The van der Waals surface area contributed by atoms with E-state index < -0.39 is 15.4 Å². The van der Waals surface area contributed by atoms with Crippen LogP contribution in [-0.4, -0.2) is 54.2 Å². The highest BCUT2D eigenvalue weighted by Crippen LogP contribution is 2.50. The van der Waals surface area contributed by atoms with Gasteiger partial charge in [0.25, 0.3) is 0 Å². The van der Waals surface area contributed by atoms with Crippen molar-refractivity contribution in [3.05, 3.63) is 47.6 Å². The average Bonchev–Trinajstić information content (AvgIpc) is 3.41. The van der Waals surface area contributed by atoms with Crippen LogP contribution in [0, 0.1) is 12.8 Å². The molecule has 8 nitrogen and oxygen atoms in total. The van der Waals surface area contributed by atoms with Crippen molar-refractivity contribution in [2.24, 2.45) is 5.92 Å².